The Morgan fingerprint density at radius 2 is 1.90 bits per heavy atom. The van der Waals surface area contributed by atoms with Crippen molar-refractivity contribution in [3.05, 3.63) is 24.0 Å². The van der Waals surface area contributed by atoms with Crippen molar-refractivity contribution < 1.29 is 22.6 Å². The normalized spacial score (nSPS) is 28.4. The standard InChI is InChI=1S/C21H24F3N5O2/c22-21(23,24)31-18-3-12(5-26-20(18)25)16-4-17(29(27-16)6-11-1-2-11)19-14-7-28(8-15(14)19)13-9-30-10-13/h3-5,11,13-15,19H,1-2,6-10H2,(H2,25,26)/t14-,15+,19?. The summed E-state index contributed by atoms with van der Waals surface area (Å²) in [4.78, 5) is 6.43. The minimum atomic E-state index is -4.83. The zero-order valence-electron chi connectivity index (χ0n) is 16.9. The van der Waals surface area contributed by atoms with Crippen LogP contribution in [0.5, 0.6) is 5.75 Å². The Bertz CT molecular complexity index is 989. The van der Waals surface area contributed by atoms with Gasteiger partial charge in [0, 0.05) is 43.0 Å². The van der Waals surface area contributed by atoms with Gasteiger partial charge in [0.1, 0.15) is 0 Å². The number of hydrogen-bond donors (Lipinski definition) is 1. The summed E-state index contributed by atoms with van der Waals surface area (Å²) >= 11 is 0. The number of nitrogens with zero attached hydrogens (tertiary/aromatic N) is 4. The van der Waals surface area contributed by atoms with Crippen LogP contribution in [0.15, 0.2) is 18.3 Å². The van der Waals surface area contributed by atoms with E-state index in [0.29, 0.717) is 41.0 Å². The predicted molar refractivity (Wildman–Crippen MR) is 105 cm³/mol. The first kappa shape index (κ1) is 19.4. The summed E-state index contributed by atoms with van der Waals surface area (Å²) in [5, 5.41) is 4.76. The van der Waals surface area contributed by atoms with Crippen LogP contribution in [-0.2, 0) is 11.3 Å². The van der Waals surface area contributed by atoms with Crippen LogP contribution in [0.3, 0.4) is 0 Å². The van der Waals surface area contributed by atoms with Crippen LogP contribution < -0.4 is 10.5 Å². The lowest BCUT2D eigenvalue weighted by Gasteiger charge is -2.35. The third-order valence-electron chi connectivity index (χ3n) is 7.04. The van der Waals surface area contributed by atoms with Crippen molar-refractivity contribution in [2.24, 2.45) is 17.8 Å². The van der Waals surface area contributed by atoms with Crippen LogP contribution >= 0.6 is 0 Å². The second-order valence-electron chi connectivity index (χ2n) is 9.23. The molecule has 31 heavy (non-hydrogen) atoms. The Labute approximate surface area is 177 Å². The van der Waals surface area contributed by atoms with Crippen molar-refractivity contribution >= 4 is 5.82 Å². The van der Waals surface area contributed by atoms with E-state index in [1.807, 2.05) is 6.07 Å². The number of nitrogens with two attached hydrogens (primary N) is 1. The Balaban J connectivity index is 1.26. The SMILES string of the molecule is Nc1ncc(-c2cc(C3[C@H]4CN(C5COC5)C[C@@H]34)n(CC3CC3)n2)cc1OC(F)(F)F. The Hall–Kier alpha value is -2.33. The van der Waals surface area contributed by atoms with Crippen LogP contribution in [-0.4, -0.2) is 58.4 Å². The second-order valence-corrected chi connectivity index (χ2v) is 9.23. The highest BCUT2D eigenvalue weighted by Gasteiger charge is 2.58. The summed E-state index contributed by atoms with van der Waals surface area (Å²) in [7, 11) is 0. The molecule has 2 aliphatic heterocycles. The molecule has 4 heterocycles. The number of alkyl halides is 3. The molecule has 166 valence electrons. The van der Waals surface area contributed by atoms with Gasteiger partial charge in [0.2, 0.25) is 0 Å². The highest BCUT2D eigenvalue weighted by Crippen LogP contribution is 2.59. The number of fused-ring (bicyclic) bond motifs is 1. The molecular formula is C21H24F3N5O2. The molecule has 2 N–H and O–H groups in total. The van der Waals surface area contributed by atoms with E-state index in [-0.39, 0.29) is 5.82 Å². The highest BCUT2D eigenvalue weighted by atomic mass is 19.4. The summed E-state index contributed by atoms with van der Waals surface area (Å²) in [5.74, 6) is 1.56. The summed E-state index contributed by atoms with van der Waals surface area (Å²) in [5.41, 5.74) is 7.86. The maximum absolute atomic E-state index is 12.7. The topological polar surface area (TPSA) is 78.4 Å². The molecule has 0 bridgehead atoms. The molecule has 0 amide bonds. The Morgan fingerprint density at radius 1 is 1.16 bits per heavy atom. The molecule has 7 nitrogen and oxygen atoms in total. The fraction of sp³-hybridized carbons (Fsp3) is 0.619. The van der Waals surface area contributed by atoms with Crippen molar-refractivity contribution in [3.8, 4) is 17.0 Å². The Kier molecular flexibility index (Phi) is 4.27. The lowest BCUT2D eigenvalue weighted by Crippen LogP contribution is -2.48. The fourth-order valence-electron chi connectivity index (χ4n) is 5.06. The molecule has 2 saturated carbocycles. The van der Waals surface area contributed by atoms with Gasteiger partial charge in [0.15, 0.2) is 11.6 Å². The number of likely N-dealkylation sites (tertiary alicyclic amines) is 1. The lowest BCUT2D eigenvalue weighted by atomic mass is 10.1. The van der Waals surface area contributed by atoms with Gasteiger partial charge in [-0.15, -0.1) is 13.2 Å². The molecule has 4 fully saturated rings. The zero-order valence-corrected chi connectivity index (χ0v) is 16.9. The number of halogens is 3. The number of ether oxygens (including phenoxy) is 2. The molecule has 0 spiro atoms. The number of piperidine rings is 1. The first-order valence-corrected chi connectivity index (χ1v) is 10.8. The first-order chi connectivity index (χ1) is 14.9. The highest BCUT2D eigenvalue weighted by molar-refractivity contribution is 5.64. The maximum atomic E-state index is 12.7. The van der Waals surface area contributed by atoms with Crippen LogP contribution in [0.4, 0.5) is 19.0 Å². The van der Waals surface area contributed by atoms with Crippen LogP contribution in [0.25, 0.3) is 11.3 Å². The minimum Gasteiger partial charge on any atom is -0.402 e. The van der Waals surface area contributed by atoms with Gasteiger partial charge >= 0.3 is 6.36 Å². The fourth-order valence-corrected chi connectivity index (χ4v) is 5.06. The molecule has 0 radical (unpaired) electrons. The molecule has 1 unspecified atom stereocenters. The zero-order chi connectivity index (χ0) is 21.3. The molecule has 10 heteroatoms. The van der Waals surface area contributed by atoms with Gasteiger partial charge in [-0.05, 0) is 42.7 Å². The molecule has 2 aliphatic carbocycles. The minimum absolute atomic E-state index is 0.296. The predicted octanol–water partition coefficient (Wildman–Crippen LogP) is 2.88. The second kappa shape index (κ2) is 6.83. The maximum Gasteiger partial charge on any atom is 0.573 e. The van der Waals surface area contributed by atoms with E-state index in [1.165, 1.54) is 30.8 Å². The smallest absolute Gasteiger partial charge is 0.402 e. The Morgan fingerprint density at radius 3 is 2.52 bits per heavy atom. The molecule has 2 saturated heterocycles. The monoisotopic (exact) mass is 435 g/mol. The molecule has 2 aromatic rings. The number of rotatable bonds is 6. The average Bonchev–Trinajstić information content (AvgIpc) is 3.50. The quantitative estimate of drug-likeness (QED) is 0.752. The van der Waals surface area contributed by atoms with Crippen LogP contribution in [0.2, 0.25) is 0 Å². The summed E-state index contributed by atoms with van der Waals surface area (Å²) in [6, 6.07) is 3.86. The molecular weight excluding hydrogens is 411 g/mol. The van der Waals surface area contributed by atoms with E-state index in [2.05, 4.69) is 19.3 Å². The van der Waals surface area contributed by atoms with E-state index in [4.69, 9.17) is 15.6 Å². The third kappa shape index (κ3) is 3.65. The van der Waals surface area contributed by atoms with Gasteiger partial charge in [-0.2, -0.15) is 5.10 Å². The van der Waals surface area contributed by atoms with Crippen molar-refractivity contribution in [1.82, 2.24) is 19.7 Å². The number of aromatic nitrogens is 3. The van der Waals surface area contributed by atoms with Gasteiger partial charge in [0.25, 0.3) is 0 Å². The summed E-state index contributed by atoms with van der Waals surface area (Å²) < 4.78 is 49.5. The number of hydrogen-bond acceptors (Lipinski definition) is 6. The molecule has 2 aromatic heterocycles. The largest absolute Gasteiger partial charge is 0.573 e. The summed E-state index contributed by atoms with van der Waals surface area (Å²) in [6.45, 7) is 4.70. The van der Waals surface area contributed by atoms with Gasteiger partial charge < -0.3 is 15.2 Å². The molecule has 4 aliphatic rings. The van der Waals surface area contributed by atoms with E-state index in [1.54, 1.807) is 0 Å². The van der Waals surface area contributed by atoms with E-state index in [9.17, 15) is 13.2 Å². The molecule has 0 aromatic carbocycles. The molecule has 3 atom stereocenters. The van der Waals surface area contributed by atoms with E-state index >= 15 is 0 Å². The van der Waals surface area contributed by atoms with Gasteiger partial charge in [-0.3, -0.25) is 9.58 Å². The number of nitrogen functional groups attached to an aromatic ring is 1. The van der Waals surface area contributed by atoms with Gasteiger partial charge in [-0.1, -0.05) is 0 Å². The summed E-state index contributed by atoms with van der Waals surface area (Å²) in [6.07, 6.45) is -0.963. The van der Waals surface area contributed by atoms with Crippen molar-refractivity contribution in [2.75, 3.05) is 32.0 Å². The number of pyridine rings is 1. The van der Waals surface area contributed by atoms with Gasteiger partial charge in [-0.25, -0.2) is 4.98 Å². The average molecular weight is 435 g/mol. The molecule has 6 rings (SSSR count). The van der Waals surface area contributed by atoms with Crippen molar-refractivity contribution in [1.29, 1.82) is 0 Å². The van der Waals surface area contributed by atoms with Crippen LogP contribution in [0, 0.1) is 17.8 Å². The third-order valence-corrected chi connectivity index (χ3v) is 7.04. The number of anilines is 1. The van der Waals surface area contributed by atoms with Gasteiger partial charge in [0.05, 0.1) is 24.9 Å². The van der Waals surface area contributed by atoms with Crippen molar-refractivity contribution in [3.63, 3.8) is 0 Å². The van der Waals surface area contributed by atoms with Crippen LogP contribution in [0.1, 0.15) is 24.5 Å². The van der Waals surface area contributed by atoms with Crippen molar-refractivity contribution in [2.45, 2.75) is 37.7 Å². The van der Waals surface area contributed by atoms with E-state index in [0.717, 1.165) is 32.8 Å². The lowest BCUT2D eigenvalue weighted by molar-refractivity contribution is -0.274. The van der Waals surface area contributed by atoms with E-state index < -0.39 is 12.1 Å². The first-order valence-electron chi connectivity index (χ1n) is 10.8.